The molecule has 2 nitrogen and oxygen atoms in total. The lowest BCUT2D eigenvalue weighted by Gasteiger charge is -2.51. The minimum Gasteiger partial charge on any atom is -0.311 e. The van der Waals surface area contributed by atoms with Crippen LogP contribution in [-0.2, 0) is 0 Å². The predicted octanol–water partition coefficient (Wildman–Crippen LogP) is 3.81. The molecular formula is C19H34N2. The average Bonchev–Trinajstić information content (AvgIpc) is 3.40. The number of piperazine rings is 1. The summed E-state index contributed by atoms with van der Waals surface area (Å²) < 4.78 is 0. The maximum Gasteiger partial charge on any atom is 0.0334 e. The van der Waals surface area contributed by atoms with E-state index in [0.717, 1.165) is 23.8 Å². The first-order valence-electron chi connectivity index (χ1n) is 9.74. The van der Waals surface area contributed by atoms with Crippen molar-refractivity contribution in [2.24, 2.45) is 17.8 Å². The molecule has 0 aromatic rings. The third-order valence-electron chi connectivity index (χ3n) is 7.04. The standard InChI is InChI=1S/C19H34N2/c1-19(17-9-10-17)14-20-18(16-5-3-2-4-6-16)13-21(19)12-11-15-7-8-15/h15-18,20H,2-14H2,1H3. The first kappa shape index (κ1) is 14.5. The molecule has 3 saturated carbocycles. The summed E-state index contributed by atoms with van der Waals surface area (Å²) in [6, 6.07) is 0.788. The first-order valence-corrected chi connectivity index (χ1v) is 9.74. The molecule has 1 N–H and O–H groups in total. The van der Waals surface area contributed by atoms with Crippen LogP contribution in [0.2, 0.25) is 0 Å². The Morgan fingerprint density at radius 2 is 1.76 bits per heavy atom. The van der Waals surface area contributed by atoms with Gasteiger partial charge in [0.1, 0.15) is 0 Å². The van der Waals surface area contributed by atoms with Gasteiger partial charge in [-0.05, 0) is 63.3 Å². The Balaban J connectivity index is 1.40. The molecule has 2 atom stereocenters. The maximum atomic E-state index is 3.99. The Hall–Kier alpha value is -0.0800. The van der Waals surface area contributed by atoms with Gasteiger partial charge in [-0.2, -0.15) is 0 Å². The Morgan fingerprint density at radius 1 is 1.00 bits per heavy atom. The van der Waals surface area contributed by atoms with E-state index in [1.54, 1.807) is 0 Å². The van der Waals surface area contributed by atoms with E-state index in [2.05, 4.69) is 17.1 Å². The van der Waals surface area contributed by atoms with Crippen molar-refractivity contribution >= 4 is 0 Å². The van der Waals surface area contributed by atoms with Crippen molar-refractivity contribution in [3.05, 3.63) is 0 Å². The van der Waals surface area contributed by atoms with Crippen LogP contribution in [0.1, 0.15) is 71.1 Å². The van der Waals surface area contributed by atoms with Crippen molar-refractivity contribution in [1.29, 1.82) is 0 Å². The Kier molecular flexibility index (Phi) is 4.04. The highest BCUT2D eigenvalue weighted by atomic mass is 15.3. The third kappa shape index (κ3) is 3.17. The van der Waals surface area contributed by atoms with E-state index < -0.39 is 0 Å². The van der Waals surface area contributed by atoms with Crippen LogP contribution in [-0.4, -0.2) is 36.1 Å². The minimum atomic E-state index is 0.472. The molecule has 1 aliphatic heterocycles. The van der Waals surface area contributed by atoms with Crippen LogP contribution >= 0.6 is 0 Å². The largest absolute Gasteiger partial charge is 0.311 e. The van der Waals surface area contributed by atoms with Gasteiger partial charge >= 0.3 is 0 Å². The number of hydrogen-bond donors (Lipinski definition) is 1. The van der Waals surface area contributed by atoms with Crippen LogP contribution in [0.15, 0.2) is 0 Å². The zero-order valence-electron chi connectivity index (χ0n) is 13.9. The number of rotatable bonds is 5. The summed E-state index contributed by atoms with van der Waals surface area (Å²) in [7, 11) is 0. The minimum absolute atomic E-state index is 0.472. The fourth-order valence-electron chi connectivity index (χ4n) is 5.01. The summed E-state index contributed by atoms with van der Waals surface area (Å²) >= 11 is 0. The molecule has 21 heavy (non-hydrogen) atoms. The molecule has 0 spiro atoms. The van der Waals surface area contributed by atoms with E-state index >= 15 is 0 Å². The van der Waals surface area contributed by atoms with Crippen molar-refractivity contribution in [2.75, 3.05) is 19.6 Å². The fraction of sp³-hybridized carbons (Fsp3) is 1.00. The highest BCUT2D eigenvalue weighted by Gasteiger charge is 2.49. The molecule has 0 amide bonds. The van der Waals surface area contributed by atoms with Crippen LogP contribution in [0.5, 0.6) is 0 Å². The van der Waals surface area contributed by atoms with Gasteiger partial charge in [-0.15, -0.1) is 0 Å². The molecule has 1 saturated heterocycles. The van der Waals surface area contributed by atoms with Crippen molar-refractivity contribution in [1.82, 2.24) is 10.2 Å². The van der Waals surface area contributed by atoms with Gasteiger partial charge in [-0.3, -0.25) is 4.90 Å². The van der Waals surface area contributed by atoms with E-state index in [9.17, 15) is 0 Å². The first-order chi connectivity index (χ1) is 10.3. The number of hydrogen-bond acceptors (Lipinski definition) is 2. The second kappa shape index (κ2) is 5.85. The second-order valence-corrected chi connectivity index (χ2v) is 8.69. The van der Waals surface area contributed by atoms with Gasteiger partial charge in [0.05, 0.1) is 0 Å². The van der Waals surface area contributed by atoms with Crippen LogP contribution in [0.25, 0.3) is 0 Å². The molecule has 1 heterocycles. The molecule has 3 aliphatic carbocycles. The van der Waals surface area contributed by atoms with E-state index in [4.69, 9.17) is 0 Å². The number of nitrogens with zero attached hydrogens (tertiary/aromatic N) is 1. The van der Waals surface area contributed by atoms with Gasteiger partial charge in [0.25, 0.3) is 0 Å². The predicted molar refractivity (Wildman–Crippen MR) is 88.4 cm³/mol. The SMILES string of the molecule is CC1(C2CC2)CNC(C2CCCCC2)CN1CCC1CC1. The molecule has 4 fully saturated rings. The van der Waals surface area contributed by atoms with Crippen molar-refractivity contribution in [2.45, 2.75) is 82.7 Å². The lowest BCUT2D eigenvalue weighted by atomic mass is 9.80. The molecule has 0 bridgehead atoms. The summed E-state index contributed by atoms with van der Waals surface area (Å²) in [5.41, 5.74) is 0.472. The van der Waals surface area contributed by atoms with Crippen LogP contribution < -0.4 is 5.32 Å². The second-order valence-electron chi connectivity index (χ2n) is 8.69. The molecule has 2 heteroatoms. The Labute approximate surface area is 131 Å². The molecule has 2 unspecified atom stereocenters. The van der Waals surface area contributed by atoms with Gasteiger partial charge in [0.2, 0.25) is 0 Å². The van der Waals surface area contributed by atoms with Gasteiger partial charge in [0, 0.05) is 24.7 Å². The topological polar surface area (TPSA) is 15.3 Å². The van der Waals surface area contributed by atoms with Gasteiger partial charge in [-0.1, -0.05) is 32.1 Å². The van der Waals surface area contributed by atoms with Crippen molar-refractivity contribution in [3.63, 3.8) is 0 Å². The molecule has 4 aliphatic rings. The Morgan fingerprint density at radius 3 is 2.43 bits per heavy atom. The van der Waals surface area contributed by atoms with Crippen LogP contribution in [0.3, 0.4) is 0 Å². The van der Waals surface area contributed by atoms with Crippen LogP contribution in [0, 0.1) is 17.8 Å². The van der Waals surface area contributed by atoms with E-state index in [1.165, 1.54) is 83.8 Å². The fourth-order valence-corrected chi connectivity index (χ4v) is 5.01. The maximum absolute atomic E-state index is 3.99. The number of nitrogens with one attached hydrogen (secondary N) is 1. The van der Waals surface area contributed by atoms with Crippen molar-refractivity contribution < 1.29 is 0 Å². The van der Waals surface area contributed by atoms with E-state index in [-0.39, 0.29) is 0 Å². The zero-order chi connectivity index (χ0) is 14.3. The smallest absolute Gasteiger partial charge is 0.0334 e. The average molecular weight is 290 g/mol. The summed E-state index contributed by atoms with van der Waals surface area (Å²) in [5.74, 6) is 3.03. The summed E-state index contributed by atoms with van der Waals surface area (Å²) in [6.45, 7) is 6.53. The van der Waals surface area contributed by atoms with Crippen molar-refractivity contribution in [3.8, 4) is 0 Å². The molecule has 0 radical (unpaired) electrons. The summed E-state index contributed by atoms with van der Waals surface area (Å²) in [4.78, 5) is 2.93. The van der Waals surface area contributed by atoms with Gasteiger partial charge < -0.3 is 5.32 Å². The Bertz CT molecular complexity index is 355. The monoisotopic (exact) mass is 290 g/mol. The van der Waals surface area contributed by atoms with E-state index in [0.29, 0.717) is 5.54 Å². The molecule has 0 aromatic heterocycles. The molecular weight excluding hydrogens is 256 g/mol. The summed E-state index contributed by atoms with van der Waals surface area (Å²) in [5, 5.41) is 3.99. The summed E-state index contributed by atoms with van der Waals surface area (Å²) in [6.07, 6.45) is 14.8. The van der Waals surface area contributed by atoms with Crippen LogP contribution in [0.4, 0.5) is 0 Å². The molecule has 120 valence electrons. The van der Waals surface area contributed by atoms with E-state index in [1.807, 2.05) is 0 Å². The quantitative estimate of drug-likeness (QED) is 0.828. The lowest BCUT2D eigenvalue weighted by Crippen LogP contribution is -2.66. The normalized spacial score (nSPS) is 39.6. The molecule has 4 rings (SSSR count). The van der Waals surface area contributed by atoms with Gasteiger partial charge in [-0.25, -0.2) is 0 Å². The highest BCUT2D eigenvalue weighted by Crippen LogP contribution is 2.45. The third-order valence-corrected chi connectivity index (χ3v) is 7.04. The van der Waals surface area contributed by atoms with Gasteiger partial charge in [0.15, 0.2) is 0 Å². The lowest BCUT2D eigenvalue weighted by molar-refractivity contribution is 0.0157. The molecule has 0 aromatic carbocycles. The zero-order valence-corrected chi connectivity index (χ0v) is 13.9. The highest BCUT2D eigenvalue weighted by molar-refractivity contribution is 5.06.